The van der Waals surface area contributed by atoms with Crippen LogP contribution in [0.5, 0.6) is 0 Å². The highest BCUT2D eigenvalue weighted by Crippen LogP contribution is 2.44. The number of nitrogens with one attached hydrogen (secondary N) is 2. The van der Waals surface area contributed by atoms with E-state index >= 15 is 0 Å². The molecule has 0 amide bonds. The Bertz CT molecular complexity index is 1870. The number of aryl methyl sites for hydroxylation is 2. The third-order valence-electron chi connectivity index (χ3n) is 11.3. The lowest BCUT2D eigenvalue weighted by molar-refractivity contribution is -0.127. The van der Waals surface area contributed by atoms with Crippen LogP contribution in [-0.4, -0.2) is 86.9 Å². The van der Waals surface area contributed by atoms with Crippen molar-refractivity contribution in [1.29, 1.82) is 0 Å². The summed E-state index contributed by atoms with van der Waals surface area (Å²) in [5, 5.41) is 1.25. The summed E-state index contributed by atoms with van der Waals surface area (Å²) in [6, 6.07) is 10.7. The molecule has 3 aliphatic rings. The number of piperidine rings is 1. The smallest absolute Gasteiger partial charge is 0.328 e. The molecule has 2 atom stereocenters. The van der Waals surface area contributed by atoms with Crippen LogP contribution in [0.2, 0.25) is 0 Å². The van der Waals surface area contributed by atoms with Gasteiger partial charge in [-0.25, -0.2) is 4.79 Å². The Labute approximate surface area is 280 Å². The SMILES string of the molecule is Cc1cc(C)cc(-c2[nH]c3sc(C(C)(C)C(=O)C4C5CCN4CC5)cc3c2CCN2CCN(C(C)c3cc(=O)n(C)c(=O)[nH]3)CC2)c1. The molecule has 250 valence electrons. The highest BCUT2D eigenvalue weighted by molar-refractivity contribution is 7.19. The number of Topliss-reactive ketones (excluding diaryl/α,β-unsaturated/α-hetero) is 1. The number of aromatic nitrogens is 3. The molecule has 10 heteroatoms. The van der Waals surface area contributed by atoms with Crippen LogP contribution in [0.3, 0.4) is 0 Å². The maximum atomic E-state index is 14.0. The normalized spacial score (nSPS) is 22.8. The standard InChI is InChI=1S/C37H48N6O3S/c1-22-17-23(2)19-26(18-22)32-27(9-10-41-13-15-42(16-14-41)24(3)29-21-31(44)40(6)36(46)38-29)28-20-30(47-35(28)39-32)37(4,5)34(45)33-25-7-11-43(33)12-8-25/h17-21,24-25,33,39H,7-16H2,1-6H3,(H,38,46). The molecular weight excluding hydrogens is 609 g/mol. The van der Waals surface area contributed by atoms with E-state index in [2.05, 4.69) is 83.6 Å². The summed E-state index contributed by atoms with van der Waals surface area (Å²) in [5.74, 6) is 0.897. The van der Waals surface area contributed by atoms with Crippen molar-refractivity contribution in [1.82, 2.24) is 29.2 Å². The number of fused-ring (bicyclic) bond motifs is 3. The van der Waals surface area contributed by atoms with Crippen LogP contribution >= 0.6 is 11.3 Å². The Morgan fingerprint density at radius 2 is 1.64 bits per heavy atom. The molecule has 9 nitrogen and oxygen atoms in total. The topological polar surface area (TPSA) is 97.4 Å². The monoisotopic (exact) mass is 656 g/mol. The largest absolute Gasteiger partial charge is 0.346 e. The van der Waals surface area contributed by atoms with E-state index in [0.717, 1.165) is 79.4 Å². The number of hydrogen-bond acceptors (Lipinski definition) is 7. The molecule has 0 aliphatic carbocycles. The van der Waals surface area contributed by atoms with Gasteiger partial charge in [-0.2, -0.15) is 0 Å². The number of ketones is 1. The van der Waals surface area contributed by atoms with Crippen LogP contribution in [0.4, 0.5) is 0 Å². The number of carbonyl (C=O) groups excluding carboxylic acids is 1. The fourth-order valence-electron chi connectivity index (χ4n) is 8.29. The quantitative estimate of drug-likeness (QED) is 0.270. The van der Waals surface area contributed by atoms with Crippen molar-refractivity contribution in [3.8, 4) is 11.3 Å². The Kier molecular flexibility index (Phi) is 8.43. The first kappa shape index (κ1) is 32.2. The van der Waals surface area contributed by atoms with E-state index in [9.17, 15) is 14.4 Å². The van der Waals surface area contributed by atoms with Crippen LogP contribution in [0.15, 0.2) is 39.9 Å². The van der Waals surface area contributed by atoms with Crippen molar-refractivity contribution in [2.24, 2.45) is 13.0 Å². The van der Waals surface area contributed by atoms with E-state index in [-0.39, 0.29) is 23.3 Å². The van der Waals surface area contributed by atoms with Gasteiger partial charge in [-0.3, -0.25) is 24.0 Å². The first-order valence-corrected chi connectivity index (χ1v) is 18.0. The van der Waals surface area contributed by atoms with Crippen LogP contribution < -0.4 is 11.2 Å². The zero-order chi connectivity index (χ0) is 33.2. The van der Waals surface area contributed by atoms with Gasteiger partial charge in [0.2, 0.25) is 0 Å². The second kappa shape index (κ2) is 12.3. The molecule has 0 saturated carbocycles. The van der Waals surface area contributed by atoms with Crippen LogP contribution in [-0.2, 0) is 23.7 Å². The van der Waals surface area contributed by atoms with E-state index in [1.165, 1.54) is 40.4 Å². The van der Waals surface area contributed by atoms with Gasteiger partial charge < -0.3 is 14.9 Å². The molecule has 2 bridgehead atoms. The zero-order valence-corrected chi connectivity index (χ0v) is 29.4. The van der Waals surface area contributed by atoms with Gasteiger partial charge in [-0.15, -0.1) is 11.3 Å². The summed E-state index contributed by atoms with van der Waals surface area (Å²) in [6.07, 6.45) is 3.21. The fourth-order valence-corrected chi connectivity index (χ4v) is 9.48. The summed E-state index contributed by atoms with van der Waals surface area (Å²) in [4.78, 5) is 54.7. The average molecular weight is 657 g/mol. The lowest BCUT2D eigenvalue weighted by Gasteiger charge is -2.38. The Balaban J connectivity index is 1.12. The fraction of sp³-hybridized carbons (Fsp3) is 0.541. The summed E-state index contributed by atoms with van der Waals surface area (Å²) >= 11 is 1.75. The Hall–Kier alpha value is -3.31. The molecule has 7 rings (SSSR count). The number of benzene rings is 1. The van der Waals surface area contributed by atoms with Gasteiger partial charge in [0.1, 0.15) is 4.83 Å². The van der Waals surface area contributed by atoms with Crippen molar-refractivity contribution < 1.29 is 4.79 Å². The number of hydrogen-bond donors (Lipinski definition) is 2. The van der Waals surface area contributed by atoms with Crippen LogP contribution in [0, 0.1) is 19.8 Å². The molecule has 3 saturated heterocycles. The molecule has 3 aliphatic heterocycles. The van der Waals surface area contributed by atoms with Gasteiger partial charge in [0.25, 0.3) is 5.56 Å². The molecule has 2 unspecified atom stereocenters. The van der Waals surface area contributed by atoms with Crippen molar-refractivity contribution in [3.63, 3.8) is 0 Å². The van der Waals surface area contributed by atoms with Crippen molar-refractivity contribution in [3.05, 3.63) is 78.4 Å². The number of carbonyl (C=O) groups is 1. The Morgan fingerprint density at radius 1 is 0.957 bits per heavy atom. The molecule has 3 aromatic heterocycles. The molecule has 4 aromatic rings. The minimum atomic E-state index is -0.530. The van der Waals surface area contributed by atoms with E-state index in [1.807, 2.05) is 0 Å². The Morgan fingerprint density at radius 3 is 2.26 bits per heavy atom. The van der Waals surface area contributed by atoms with Gasteiger partial charge in [-0.05, 0) is 102 Å². The minimum absolute atomic E-state index is 0.0364. The van der Waals surface area contributed by atoms with E-state index in [0.29, 0.717) is 17.4 Å². The lowest BCUT2D eigenvalue weighted by atomic mass is 9.79. The third-order valence-corrected chi connectivity index (χ3v) is 12.6. The summed E-state index contributed by atoms with van der Waals surface area (Å²) in [6.45, 7) is 17.3. The van der Waals surface area contributed by atoms with Gasteiger partial charge in [-0.1, -0.05) is 17.2 Å². The van der Waals surface area contributed by atoms with Crippen LogP contribution in [0.1, 0.15) is 66.9 Å². The van der Waals surface area contributed by atoms with Crippen molar-refractivity contribution in [2.75, 3.05) is 45.8 Å². The highest BCUT2D eigenvalue weighted by atomic mass is 32.1. The summed E-state index contributed by atoms with van der Waals surface area (Å²) < 4.78 is 1.10. The summed E-state index contributed by atoms with van der Waals surface area (Å²) in [5.41, 5.74) is 5.73. The number of piperazine rings is 1. The highest BCUT2D eigenvalue weighted by Gasteiger charge is 2.49. The molecule has 2 N–H and O–H groups in total. The number of thiophene rings is 1. The molecule has 0 spiro atoms. The second-order valence-corrected chi connectivity index (χ2v) is 15.8. The van der Waals surface area contributed by atoms with E-state index in [1.54, 1.807) is 17.4 Å². The van der Waals surface area contributed by atoms with Crippen LogP contribution in [0.25, 0.3) is 21.5 Å². The first-order chi connectivity index (χ1) is 22.4. The first-order valence-electron chi connectivity index (χ1n) is 17.2. The average Bonchev–Trinajstić information content (AvgIpc) is 3.82. The molecule has 6 heterocycles. The molecular formula is C37H48N6O3S. The third kappa shape index (κ3) is 5.87. The maximum absolute atomic E-state index is 14.0. The molecule has 47 heavy (non-hydrogen) atoms. The second-order valence-electron chi connectivity index (χ2n) is 14.7. The van der Waals surface area contributed by atoms with Gasteiger partial charge in [0, 0.05) is 67.8 Å². The molecule has 0 radical (unpaired) electrons. The zero-order valence-electron chi connectivity index (χ0n) is 28.6. The molecule has 3 fully saturated rings. The summed E-state index contributed by atoms with van der Waals surface area (Å²) in [7, 11) is 1.49. The predicted octanol–water partition coefficient (Wildman–Crippen LogP) is 4.76. The van der Waals surface area contributed by atoms with Crippen molar-refractivity contribution in [2.45, 2.75) is 71.4 Å². The van der Waals surface area contributed by atoms with E-state index < -0.39 is 5.41 Å². The molecule has 1 aromatic carbocycles. The number of rotatable bonds is 9. The lowest BCUT2D eigenvalue weighted by Crippen LogP contribution is -2.48. The maximum Gasteiger partial charge on any atom is 0.328 e. The van der Waals surface area contributed by atoms with Gasteiger partial charge >= 0.3 is 5.69 Å². The predicted molar refractivity (Wildman–Crippen MR) is 190 cm³/mol. The number of nitrogens with zero attached hydrogens (tertiary/aromatic N) is 4. The minimum Gasteiger partial charge on any atom is -0.346 e. The van der Waals surface area contributed by atoms with E-state index in [4.69, 9.17) is 0 Å². The number of H-pyrrole nitrogens is 2. The van der Waals surface area contributed by atoms with Gasteiger partial charge in [0.05, 0.1) is 17.2 Å². The number of aromatic amines is 2. The van der Waals surface area contributed by atoms with Crippen molar-refractivity contribution >= 4 is 27.3 Å². The van der Waals surface area contributed by atoms with Gasteiger partial charge in [0.15, 0.2) is 5.78 Å².